The van der Waals surface area contributed by atoms with Crippen molar-refractivity contribution in [1.82, 2.24) is 20.1 Å². The zero-order chi connectivity index (χ0) is 20.4. The van der Waals surface area contributed by atoms with E-state index in [0.717, 1.165) is 16.0 Å². The SMILES string of the molecule is COCc1c(C(=O)NC(C)c2ccc(-n3cncn3)cc2)sc2cccc(F)c12. The van der Waals surface area contributed by atoms with Crippen LogP contribution in [0.4, 0.5) is 4.39 Å². The molecule has 0 bridgehead atoms. The molecule has 0 fully saturated rings. The normalized spacial score (nSPS) is 12.2. The van der Waals surface area contributed by atoms with Crippen LogP contribution in [-0.2, 0) is 11.3 Å². The van der Waals surface area contributed by atoms with E-state index in [1.165, 1.54) is 30.8 Å². The number of thiophene rings is 1. The van der Waals surface area contributed by atoms with Crippen molar-refractivity contribution in [2.24, 2.45) is 0 Å². The second-order valence-corrected chi connectivity index (χ2v) is 7.63. The molecule has 4 rings (SSSR count). The molecular weight excluding hydrogens is 391 g/mol. The fourth-order valence-electron chi connectivity index (χ4n) is 3.24. The maximum atomic E-state index is 14.3. The minimum Gasteiger partial charge on any atom is -0.380 e. The van der Waals surface area contributed by atoms with Crippen LogP contribution in [0.25, 0.3) is 15.8 Å². The van der Waals surface area contributed by atoms with Crippen molar-refractivity contribution in [3.8, 4) is 5.69 Å². The van der Waals surface area contributed by atoms with Crippen molar-refractivity contribution in [3.63, 3.8) is 0 Å². The van der Waals surface area contributed by atoms with E-state index in [-0.39, 0.29) is 24.4 Å². The van der Waals surface area contributed by atoms with E-state index < -0.39 is 0 Å². The monoisotopic (exact) mass is 410 g/mol. The first-order chi connectivity index (χ1) is 14.1. The summed E-state index contributed by atoms with van der Waals surface area (Å²) in [4.78, 5) is 17.4. The minimum absolute atomic E-state index is 0.171. The van der Waals surface area contributed by atoms with Crippen LogP contribution in [0.15, 0.2) is 55.1 Å². The van der Waals surface area contributed by atoms with Crippen LogP contribution >= 0.6 is 11.3 Å². The van der Waals surface area contributed by atoms with Crippen LogP contribution in [0, 0.1) is 5.82 Å². The van der Waals surface area contributed by atoms with Gasteiger partial charge in [0.25, 0.3) is 5.91 Å². The first kappa shape index (κ1) is 19.2. The lowest BCUT2D eigenvalue weighted by molar-refractivity contribution is 0.0940. The van der Waals surface area contributed by atoms with Crippen molar-refractivity contribution >= 4 is 27.3 Å². The first-order valence-electron chi connectivity index (χ1n) is 9.03. The predicted molar refractivity (Wildman–Crippen MR) is 110 cm³/mol. The van der Waals surface area contributed by atoms with Crippen molar-refractivity contribution in [1.29, 1.82) is 0 Å². The molecule has 0 radical (unpaired) electrons. The fraction of sp³-hybridized carbons (Fsp3) is 0.190. The molecule has 2 aromatic carbocycles. The van der Waals surface area contributed by atoms with Crippen LogP contribution < -0.4 is 5.32 Å². The van der Waals surface area contributed by atoms with Gasteiger partial charge in [-0.3, -0.25) is 4.79 Å². The quantitative estimate of drug-likeness (QED) is 0.516. The number of fused-ring (bicyclic) bond motifs is 1. The number of hydrogen-bond donors (Lipinski definition) is 1. The first-order valence-corrected chi connectivity index (χ1v) is 9.84. The van der Waals surface area contributed by atoms with Crippen LogP contribution in [0.1, 0.15) is 33.8 Å². The van der Waals surface area contributed by atoms with E-state index in [0.29, 0.717) is 15.8 Å². The summed E-state index contributed by atoms with van der Waals surface area (Å²) in [6, 6.07) is 12.3. The average Bonchev–Trinajstić information content (AvgIpc) is 3.37. The van der Waals surface area contributed by atoms with Crippen LogP contribution in [0.2, 0.25) is 0 Å². The largest absolute Gasteiger partial charge is 0.380 e. The fourth-order valence-corrected chi connectivity index (χ4v) is 4.36. The van der Waals surface area contributed by atoms with Crippen molar-refractivity contribution in [2.45, 2.75) is 19.6 Å². The number of amides is 1. The number of carbonyl (C=O) groups is 1. The number of rotatable bonds is 6. The van der Waals surface area contributed by atoms with Gasteiger partial charge in [0.1, 0.15) is 18.5 Å². The topological polar surface area (TPSA) is 69.0 Å². The number of halogens is 1. The molecule has 29 heavy (non-hydrogen) atoms. The Morgan fingerprint density at radius 3 is 2.76 bits per heavy atom. The molecule has 148 valence electrons. The molecule has 0 aliphatic carbocycles. The predicted octanol–water partition coefficient (Wildman–Crippen LogP) is 4.26. The van der Waals surface area contributed by atoms with E-state index in [9.17, 15) is 9.18 Å². The molecule has 0 aliphatic rings. The number of carbonyl (C=O) groups excluding carboxylic acids is 1. The third-order valence-corrected chi connectivity index (χ3v) is 5.88. The number of aromatic nitrogens is 3. The minimum atomic E-state index is -0.346. The van der Waals surface area contributed by atoms with Gasteiger partial charge in [0.15, 0.2) is 0 Å². The molecule has 4 aromatic rings. The van der Waals surface area contributed by atoms with Gasteiger partial charge in [-0.1, -0.05) is 18.2 Å². The van der Waals surface area contributed by atoms with Gasteiger partial charge in [0.2, 0.25) is 0 Å². The lowest BCUT2D eigenvalue weighted by atomic mass is 10.1. The van der Waals surface area contributed by atoms with E-state index in [1.807, 2.05) is 37.3 Å². The van der Waals surface area contributed by atoms with Crippen LogP contribution in [0.5, 0.6) is 0 Å². The van der Waals surface area contributed by atoms with Gasteiger partial charge >= 0.3 is 0 Å². The zero-order valence-electron chi connectivity index (χ0n) is 15.9. The Hall–Kier alpha value is -3.10. The Morgan fingerprint density at radius 1 is 1.28 bits per heavy atom. The van der Waals surface area contributed by atoms with Crippen LogP contribution in [-0.4, -0.2) is 27.8 Å². The molecular formula is C21H19FN4O2S. The average molecular weight is 410 g/mol. The van der Waals surface area contributed by atoms with Crippen molar-refractivity contribution in [3.05, 3.63) is 76.9 Å². The number of benzene rings is 2. The van der Waals surface area contributed by atoms with Crippen LogP contribution in [0.3, 0.4) is 0 Å². The van der Waals surface area contributed by atoms with Gasteiger partial charge in [-0.05, 0) is 36.8 Å². The molecule has 1 N–H and O–H groups in total. The maximum absolute atomic E-state index is 14.3. The number of ether oxygens (including phenoxy) is 1. The second kappa shape index (κ2) is 8.10. The van der Waals surface area contributed by atoms with Gasteiger partial charge < -0.3 is 10.1 Å². The highest BCUT2D eigenvalue weighted by Gasteiger charge is 2.22. The van der Waals surface area contributed by atoms with E-state index in [1.54, 1.807) is 17.1 Å². The van der Waals surface area contributed by atoms with Gasteiger partial charge in [0, 0.05) is 22.8 Å². The Balaban J connectivity index is 1.57. The number of hydrogen-bond acceptors (Lipinski definition) is 5. The van der Waals surface area contributed by atoms with Gasteiger partial charge in [0.05, 0.1) is 23.2 Å². The molecule has 6 nitrogen and oxygen atoms in total. The number of nitrogens with one attached hydrogen (secondary N) is 1. The number of methoxy groups -OCH3 is 1. The summed E-state index contributed by atoms with van der Waals surface area (Å²) in [6.07, 6.45) is 3.10. The third-order valence-electron chi connectivity index (χ3n) is 4.68. The van der Waals surface area contributed by atoms with Gasteiger partial charge in [-0.25, -0.2) is 14.1 Å². The highest BCUT2D eigenvalue weighted by atomic mass is 32.1. The van der Waals surface area contributed by atoms with E-state index in [4.69, 9.17) is 4.74 Å². The highest BCUT2D eigenvalue weighted by Crippen LogP contribution is 2.34. The summed E-state index contributed by atoms with van der Waals surface area (Å²) in [5.41, 5.74) is 2.41. The van der Waals surface area contributed by atoms with E-state index >= 15 is 0 Å². The molecule has 8 heteroatoms. The summed E-state index contributed by atoms with van der Waals surface area (Å²) in [6.45, 7) is 2.08. The molecule has 0 saturated heterocycles. The lowest BCUT2D eigenvalue weighted by Crippen LogP contribution is -2.26. The Bertz CT molecular complexity index is 1140. The maximum Gasteiger partial charge on any atom is 0.262 e. The molecule has 0 saturated carbocycles. The van der Waals surface area contributed by atoms with Crippen molar-refractivity contribution < 1.29 is 13.9 Å². The van der Waals surface area contributed by atoms with Crippen molar-refractivity contribution in [2.75, 3.05) is 7.11 Å². The molecule has 2 heterocycles. The highest BCUT2D eigenvalue weighted by molar-refractivity contribution is 7.21. The third kappa shape index (κ3) is 3.76. The molecule has 2 aromatic heterocycles. The molecule has 0 spiro atoms. The second-order valence-electron chi connectivity index (χ2n) is 6.58. The van der Waals surface area contributed by atoms with Gasteiger partial charge in [-0.2, -0.15) is 5.10 Å². The molecule has 0 aliphatic heterocycles. The lowest BCUT2D eigenvalue weighted by Gasteiger charge is -2.15. The summed E-state index contributed by atoms with van der Waals surface area (Å²) in [5, 5.41) is 7.56. The smallest absolute Gasteiger partial charge is 0.262 e. The van der Waals surface area contributed by atoms with E-state index in [2.05, 4.69) is 15.4 Å². The summed E-state index contributed by atoms with van der Waals surface area (Å²) in [5.74, 6) is -0.591. The zero-order valence-corrected chi connectivity index (χ0v) is 16.7. The molecule has 1 atom stereocenters. The summed E-state index contributed by atoms with van der Waals surface area (Å²) < 4.78 is 22.0. The summed E-state index contributed by atoms with van der Waals surface area (Å²) in [7, 11) is 1.53. The summed E-state index contributed by atoms with van der Waals surface area (Å²) >= 11 is 1.27. The molecule has 1 unspecified atom stereocenters. The standard InChI is InChI=1S/C21H19FN4O2S/c1-13(14-6-8-15(9-7-14)26-12-23-11-24-26)25-21(27)20-16(10-28-2)19-17(22)4-3-5-18(19)29-20/h3-9,11-13H,10H2,1-2H3,(H,25,27). The Kier molecular flexibility index (Phi) is 5.37. The molecule has 1 amide bonds. The number of nitrogens with zero attached hydrogens (tertiary/aromatic N) is 3. The Labute approximate surface area is 171 Å². The Morgan fingerprint density at radius 2 is 2.07 bits per heavy atom. The van der Waals surface area contributed by atoms with Gasteiger partial charge in [-0.15, -0.1) is 11.3 Å².